The standard InChI is InChI=1S/C9H18O2/c1-3-8-5-4-6-9(11-8)7(2)10/h7-10H,3-6H2,1-2H3/t7-,8+,9-/m1/s1. The summed E-state index contributed by atoms with van der Waals surface area (Å²) in [6.07, 6.45) is 4.65. The van der Waals surface area contributed by atoms with Crippen molar-refractivity contribution in [2.45, 2.75) is 57.8 Å². The number of hydrogen-bond donors (Lipinski definition) is 1. The Hall–Kier alpha value is -0.0800. The van der Waals surface area contributed by atoms with Gasteiger partial charge in [0.25, 0.3) is 0 Å². The second-order valence-electron chi connectivity index (χ2n) is 3.38. The summed E-state index contributed by atoms with van der Waals surface area (Å²) < 4.78 is 5.65. The third-order valence-corrected chi connectivity index (χ3v) is 2.38. The lowest BCUT2D eigenvalue weighted by Crippen LogP contribution is -2.34. The van der Waals surface area contributed by atoms with Crippen LogP contribution < -0.4 is 0 Å². The molecule has 1 N–H and O–H groups in total. The Bertz CT molecular complexity index is 112. The van der Waals surface area contributed by atoms with Gasteiger partial charge in [0.2, 0.25) is 0 Å². The van der Waals surface area contributed by atoms with Gasteiger partial charge in [-0.1, -0.05) is 6.92 Å². The topological polar surface area (TPSA) is 29.5 Å². The lowest BCUT2D eigenvalue weighted by atomic mass is 10.00. The Balaban J connectivity index is 2.33. The van der Waals surface area contributed by atoms with Crippen LogP contribution in [0.5, 0.6) is 0 Å². The van der Waals surface area contributed by atoms with Crippen molar-refractivity contribution in [2.75, 3.05) is 0 Å². The first-order valence-electron chi connectivity index (χ1n) is 4.57. The number of aliphatic hydroxyl groups excluding tert-OH is 1. The minimum atomic E-state index is -0.302. The number of rotatable bonds is 2. The van der Waals surface area contributed by atoms with E-state index in [0.29, 0.717) is 6.10 Å². The predicted molar refractivity (Wildman–Crippen MR) is 44.5 cm³/mol. The van der Waals surface area contributed by atoms with Crippen molar-refractivity contribution in [1.82, 2.24) is 0 Å². The van der Waals surface area contributed by atoms with Gasteiger partial charge in [0, 0.05) is 0 Å². The molecule has 1 aliphatic heterocycles. The number of hydrogen-bond acceptors (Lipinski definition) is 2. The van der Waals surface area contributed by atoms with Crippen LogP contribution in [-0.4, -0.2) is 23.4 Å². The molecule has 0 radical (unpaired) electrons. The van der Waals surface area contributed by atoms with Gasteiger partial charge in [-0.3, -0.25) is 0 Å². The molecular formula is C9H18O2. The quantitative estimate of drug-likeness (QED) is 0.663. The maximum Gasteiger partial charge on any atom is 0.0834 e. The summed E-state index contributed by atoms with van der Waals surface area (Å²) in [5.74, 6) is 0. The van der Waals surface area contributed by atoms with Crippen molar-refractivity contribution in [2.24, 2.45) is 0 Å². The minimum absolute atomic E-state index is 0.0914. The maximum absolute atomic E-state index is 9.27. The fourth-order valence-electron chi connectivity index (χ4n) is 1.59. The third-order valence-electron chi connectivity index (χ3n) is 2.38. The Labute approximate surface area is 68.6 Å². The molecule has 0 saturated carbocycles. The van der Waals surface area contributed by atoms with Gasteiger partial charge >= 0.3 is 0 Å². The lowest BCUT2D eigenvalue weighted by molar-refractivity contribution is -0.100. The van der Waals surface area contributed by atoms with Gasteiger partial charge in [-0.05, 0) is 32.6 Å². The molecule has 1 heterocycles. The van der Waals surface area contributed by atoms with E-state index in [4.69, 9.17) is 4.74 Å². The molecule has 0 aromatic heterocycles. The summed E-state index contributed by atoms with van der Waals surface area (Å²) in [4.78, 5) is 0. The van der Waals surface area contributed by atoms with Crippen LogP contribution in [-0.2, 0) is 4.74 Å². The SMILES string of the molecule is CC[C@H]1CCC[C@H]([C@@H](C)O)O1. The Morgan fingerprint density at radius 3 is 2.82 bits per heavy atom. The number of aliphatic hydroxyl groups is 1. The van der Waals surface area contributed by atoms with Crippen LogP contribution in [0.1, 0.15) is 39.5 Å². The fraction of sp³-hybridized carbons (Fsp3) is 1.00. The second-order valence-corrected chi connectivity index (χ2v) is 3.38. The molecule has 2 nitrogen and oxygen atoms in total. The zero-order valence-electron chi connectivity index (χ0n) is 7.42. The fourth-order valence-corrected chi connectivity index (χ4v) is 1.59. The molecule has 0 aromatic carbocycles. The summed E-state index contributed by atoms with van der Waals surface area (Å²) in [6.45, 7) is 3.94. The predicted octanol–water partition coefficient (Wildman–Crippen LogP) is 1.71. The third kappa shape index (κ3) is 2.46. The molecule has 1 fully saturated rings. The van der Waals surface area contributed by atoms with Crippen LogP contribution >= 0.6 is 0 Å². The van der Waals surface area contributed by atoms with Gasteiger partial charge in [-0.15, -0.1) is 0 Å². The van der Waals surface area contributed by atoms with E-state index in [-0.39, 0.29) is 12.2 Å². The van der Waals surface area contributed by atoms with Gasteiger partial charge in [0.05, 0.1) is 18.3 Å². The highest BCUT2D eigenvalue weighted by Gasteiger charge is 2.24. The molecule has 1 saturated heterocycles. The first-order valence-corrected chi connectivity index (χ1v) is 4.57. The molecule has 0 aromatic rings. The highest BCUT2D eigenvalue weighted by atomic mass is 16.5. The van der Waals surface area contributed by atoms with E-state index >= 15 is 0 Å². The largest absolute Gasteiger partial charge is 0.391 e. The van der Waals surface area contributed by atoms with E-state index in [0.717, 1.165) is 12.8 Å². The molecule has 3 atom stereocenters. The normalized spacial score (nSPS) is 35.2. The first-order chi connectivity index (χ1) is 5.24. The van der Waals surface area contributed by atoms with E-state index in [2.05, 4.69) is 6.92 Å². The van der Waals surface area contributed by atoms with Gasteiger partial charge in [-0.25, -0.2) is 0 Å². The average molecular weight is 158 g/mol. The van der Waals surface area contributed by atoms with Gasteiger partial charge in [-0.2, -0.15) is 0 Å². The van der Waals surface area contributed by atoms with E-state index in [1.807, 2.05) is 6.92 Å². The Morgan fingerprint density at radius 1 is 1.55 bits per heavy atom. The first kappa shape index (κ1) is 9.01. The van der Waals surface area contributed by atoms with E-state index < -0.39 is 0 Å². The van der Waals surface area contributed by atoms with E-state index in [1.54, 1.807) is 0 Å². The molecule has 1 rings (SSSR count). The molecule has 2 heteroatoms. The minimum Gasteiger partial charge on any atom is -0.391 e. The average Bonchev–Trinajstić information content (AvgIpc) is 2.05. The summed E-state index contributed by atoms with van der Waals surface area (Å²) in [6, 6.07) is 0. The Morgan fingerprint density at radius 2 is 2.27 bits per heavy atom. The van der Waals surface area contributed by atoms with Crippen LogP contribution in [0, 0.1) is 0 Å². The van der Waals surface area contributed by atoms with Crippen molar-refractivity contribution in [3.05, 3.63) is 0 Å². The summed E-state index contributed by atoms with van der Waals surface area (Å²) >= 11 is 0. The van der Waals surface area contributed by atoms with E-state index in [9.17, 15) is 5.11 Å². The highest BCUT2D eigenvalue weighted by Crippen LogP contribution is 2.22. The molecular weight excluding hydrogens is 140 g/mol. The van der Waals surface area contributed by atoms with Gasteiger partial charge in [0.15, 0.2) is 0 Å². The van der Waals surface area contributed by atoms with Gasteiger partial charge < -0.3 is 9.84 Å². The molecule has 0 spiro atoms. The van der Waals surface area contributed by atoms with Crippen LogP contribution in [0.15, 0.2) is 0 Å². The molecule has 11 heavy (non-hydrogen) atoms. The molecule has 0 unspecified atom stereocenters. The smallest absolute Gasteiger partial charge is 0.0834 e. The van der Waals surface area contributed by atoms with Crippen molar-refractivity contribution < 1.29 is 9.84 Å². The highest BCUT2D eigenvalue weighted by molar-refractivity contribution is 4.73. The van der Waals surface area contributed by atoms with Crippen LogP contribution in [0.25, 0.3) is 0 Å². The van der Waals surface area contributed by atoms with Crippen molar-refractivity contribution in [1.29, 1.82) is 0 Å². The zero-order valence-corrected chi connectivity index (χ0v) is 7.42. The molecule has 0 aliphatic carbocycles. The van der Waals surface area contributed by atoms with Crippen LogP contribution in [0.4, 0.5) is 0 Å². The monoisotopic (exact) mass is 158 g/mol. The second kappa shape index (κ2) is 4.07. The zero-order chi connectivity index (χ0) is 8.27. The number of ether oxygens (including phenoxy) is 1. The molecule has 1 aliphatic rings. The van der Waals surface area contributed by atoms with E-state index in [1.165, 1.54) is 12.8 Å². The molecule has 66 valence electrons. The summed E-state index contributed by atoms with van der Waals surface area (Å²) in [7, 11) is 0. The molecule has 0 bridgehead atoms. The maximum atomic E-state index is 9.27. The van der Waals surface area contributed by atoms with Crippen LogP contribution in [0.2, 0.25) is 0 Å². The lowest BCUT2D eigenvalue weighted by Gasteiger charge is -2.31. The molecule has 0 amide bonds. The van der Waals surface area contributed by atoms with Crippen molar-refractivity contribution in [3.8, 4) is 0 Å². The van der Waals surface area contributed by atoms with Crippen molar-refractivity contribution >= 4 is 0 Å². The Kier molecular flexibility index (Phi) is 3.34. The van der Waals surface area contributed by atoms with Gasteiger partial charge in [0.1, 0.15) is 0 Å². The van der Waals surface area contributed by atoms with Crippen molar-refractivity contribution in [3.63, 3.8) is 0 Å². The summed E-state index contributed by atoms with van der Waals surface area (Å²) in [5, 5.41) is 9.27. The van der Waals surface area contributed by atoms with Crippen LogP contribution in [0.3, 0.4) is 0 Å². The summed E-state index contributed by atoms with van der Waals surface area (Å²) in [5.41, 5.74) is 0.